The maximum absolute atomic E-state index is 12.5. The Hall–Kier alpha value is -3.35. The second kappa shape index (κ2) is 9.22. The first-order chi connectivity index (χ1) is 12.5. The number of hydrogen-bond acceptors (Lipinski definition) is 5. The molecular formula is C19H20N2O5. The van der Waals surface area contributed by atoms with Gasteiger partial charge in [0.25, 0.3) is 5.91 Å². The number of nitrogens with one attached hydrogen (secondary N) is 2. The Balaban J connectivity index is 2.22. The summed E-state index contributed by atoms with van der Waals surface area (Å²) in [4.78, 5) is 36.5. The Morgan fingerprint density at radius 3 is 2.42 bits per heavy atom. The highest BCUT2D eigenvalue weighted by atomic mass is 16.5. The zero-order valence-electron chi connectivity index (χ0n) is 14.5. The molecule has 0 saturated carbocycles. The van der Waals surface area contributed by atoms with Crippen LogP contribution in [0.4, 0.5) is 4.79 Å². The van der Waals surface area contributed by atoms with E-state index in [0.717, 1.165) is 0 Å². The third-order valence-corrected chi connectivity index (χ3v) is 3.44. The molecule has 2 aromatic rings. The number of hydrogen-bond donors (Lipinski definition) is 2. The average Bonchev–Trinajstić information content (AvgIpc) is 2.66. The molecule has 0 saturated heterocycles. The largest absolute Gasteiger partial charge is 0.497 e. The fourth-order valence-electron chi connectivity index (χ4n) is 2.21. The Morgan fingerprint density at radius 1 is 1.04 bits per heavy atom. The van der Waals surface area contributed by atoms with Gasteiger partial charge in [0.15, 0.2) is 0 Å². The summed E-state index contributed by atoms with van der Waals surface area (Å²) < 4.78 is 10.5. The van der Waals surface area contributed by atoms with Crippen LogP contribution in [0.5, 0.6) is 5.75 Å². The quantitative estimate of drug-likeness (QED) is 0.776. The Morgan fingerprint density at radius 2 is 1.77 bits per heavy atom. The van der Waals surface area contributed by atoms with E-state index in [-0.39, 0.29) is 5.56 Å². The molecule has 26 heavy (non-hydrogen) atoms. The topological polar surface area (TPSA) is 93.7 Å². The lowest BCUT2D eigenvalue weighted by Crippen LogP contribution is -2.42. The lowest BCUT2D eigenvalue weighted by Gasteiger charge is -2.18. The third kappa shape index (κ3) is 5.07. The van der Waals surface area contributed by atoms with E-state index in [2.05, 4.69) is 10.6 Å². The van der Waals surface area contributed by atoms with Gasteiger partial charge in [0.2, 0.25) is 6.10 Å². The van der Waals surface area contributed by atoms with Crippen LogP contribution in [0.15, 0.2) is 54.6 Å². The molecule has 7 nitrogen and oxygen atoms in total. The van der Waals surface area contributed by atoms with Crippen molar-refractivity contribution in [1.29, 1.82) is 0 Å². The second-order valence-corrected chi connectivity index (χ2v) is 5.28. The van der Waals surface area contributed by atoms with Gasteiger partial charge in [-0.15, -0.1) is 0 Å². The van der Waals surface area contributed by atoms with Crippen LogP contribution in [0, 0.1) is 0 Å². The fraction of sp³-hybridized carbons (Fsp3) is 0.211. The molecule has 0 radical (unpaired) electrons. The van der Waals surface area contributed by atoms with Crippen molar-refractivity contribution in [2.75, 3.05) is 13.7 Å². The maximum atomic E-state index is 12.5. The van der Waals surface area contributed by atoms with E-state index >= 15 is 0 Å². The smallest absolute Gasteiger partial charge is 0.339 e. The summed E-state index contributed by atoms with van der Waals surface area (Å²) in [6.07, 6.45) is -1.27. The van der Waals surface area contributed by atoms with Gasteiger partial charge in [-0.05, 0) is 25.1 Å². The standard InChI is InChI=1S/C19H20N2O5/c1-3-20-19(24)21-17(22)16(13-8-5-4-6-9-13)26-18(23)14-10-7-11-15(12-14)25-2/h4-12,16H,3H2,1-2H3,(H2,20,21,22,24)/t16-/m1/s1. The summed E-state index contributed by atoms with van der Waals surface area (Å²) in [5, 5.41) is 4.62. The second-order valence-electron chi connectivity index (χ2n) is 5.28. The minimum Gasteiger partial charge on any atom is -0.497 e. The lowest BCUT2D eigenvalue weighted by molar-refractivity contribution is -0.129. The van der Waals surface area contributed by atoms with E-state index in [0.29, 0.717) is 17.9 Å². The molecule has 0 aromatic heterocycles. The number of carbonyl (C=O) groups is 3. The zero-order valence-corrected chi connectivity index (χ0v) is 14.5. The van der Waals surface area contributed by atoms with Gasteiger partial charge in [-0.25, -0.2) is 9.59 Å². The highest BCUT2D eigenvalue weighted by molar-refractivity contribution is 5.99. The molecule has 0 aliphatic rings. The molecule has 2 N–H and O–H groups in total. The van der Waals surface area contributed by atoms with E-state index in [1.165, 1.54) is 13.2 Å². The van der Waals surface area contributed by atoms with Gasteiger partial charge in [-0.1, -0.05) is 36.4 Å². The number of urea groups is 1. The van der Waals surface area contributed by atoms with Crippen LogP contribution in [-0.4, -0.2) is 31.6 Å². The minimum atomic E-state index is -1.27. The summed E-state index contributed by atoms with van der Waals surface area (Å²) in [6, 6.07) is 14.2. The number of rotatable bonds is 6. The molecule has 2 aromatic carbocycles. The van der Waals surface area contributed by atoms with Crippen LogP contribution in [0.25, 0.3) is 0 Å². The van der Waals surface area contributed by atoms with E-state index in [9.17, 15) is 14.4 Å². The van der Waals surface area contributed by atoms with Crippen molar-refractivity contribution in [2.45, 2.75) is 13.0 Å². The Labute approximate surface area is 151 Å². The summed E-state index contributed by atoms with van der Waals surface area (Å²) >= 11 is 0. The molecule has 0 aliphatic heterocycles. The van der Waals surface area contributed by atoms with Gasteiger partial charge in [-0.3, -0.25) is 10.1 Å². The molecule has 1 atom stereocenters. The number of benzene rings is 2. The predicted octanol–water partition coefficient (Wildman–Crippen LogP) is 2.44. The third-order valence-electron chi connectivity index (χ3n) is 3.44. The van der Waals surface area contributed by atoms with Crippen molar-refractivity contribution < 1.29 is 23.9 Å². The van der Waals surface area contributed by atoms with Crippen LogP contribution >= 0.6 is 0 Å². The number of imide groups is 1. The SMILES string of the molecule is CCNC(=O)NC(=O)[C@H](OC(=O)c1cccc(OC)c1)c1ccccc1. The van der Waals surface area contributed by atoms with Crippen LogP contribution in [0.3, 0.4) is 0 Å². The van der Waals surface area contributed by atoms with Crippen LogP contribution in [0.1, 0.15) is 28.9 Å². The Bertz CT molecular complexity index is 777. The summed E-state index contributed by atoms with van der Waals surface area (Å²) in [7, 11) is 1.48. The van der Waals surface area contributed by atoms with Crippen LogP contribution in [-0.2, 0) is 9.53 Å². The monoisotopic (exact) mass is 356 g/mol. The van der Waals surface area contributed by atoms with Crippen molar-refractivity contribution in [3.63, 3.8) is 0 Å². The number of amides is 3. The molecule has 136 valence electrons. The van der Waals surface area contributed by atoms with Gasteiger partial charge in [0, 0.05) is 12.1 Å². The summed E-state index contributed by atoms with van der Waals surface area (Å²) in [6.45, 7) is 2.08. The summed E-state index contributed by atoms with van der Waals surface area (Å²) in [5.41, 5.74) is 0.682. The first kappa shape index (κ1) is 19.0. The minimum absolute atomic E-state index is 0.232. The van der Waals surface area contributed by atoms with E-state index in [1.54, 1.807) is 55.5 Å². The number of methoxy groups -OCH3 is 1. The highest BCUT2D eigenvalue weighted by Gasteiger charge is 2.27. The van der Waals surface area contributed by atoms with Gasteiger partial charge in [0.1, 0.15) is 5.75 Å². The molecule has 0 aliphatic carbocycles. The summed E-state index contributed by atoms with van der Waals surface area (Å²) in [5.74, 6) is -0.954. The van der Waals surface area contributed by atoms with Crippen LogP contribution in [0.2, 0.25) is 0 Å². The fourth-order valence-corrected chi connectivity index (χ4v) is 2.21. The van der Waals surface area contributed by atoms with Crippen molar-refractivity contribution in [1.82, 2.24) is 10.6 Å². The van der Waals surface area contributed by atoms with Gasteiger partial charge in [-0.2, -0.15) is 0 Å². The number of esters is 1. The average molecular weight is 356 g/mol. The lowest BCUT2D eigenvalue weighted by atomic mass is 10.1. The molecule has 3 amide bonds. The number of ether oxygens (including phenoxy) is 2. The molecule has 0 spiro atoms. The highest BCUT2D eigenvalue weighted by Crippen LogP contribution is 2.21. The van der Waals surface area contributed by atoms with Gasteiger partial charge in [0.05, 0.1) is 12.7 Å². The predicted molar refractivity (Wildman–Crippen MR) is 94.8 cm³/mol. The molecule has 0 heterocycles. The Kier molecular flexibility index (Phi) is 6.73. The molecule has 2 rings (SSSR count). The zero-order chi connectivity index (χ0) is 18.9. The molecule has 7 heteroatoms. The van der Waals surface area contributed by atoms with Crippen molar-refractivity contribution in [2.24, 2.45) is 0 Å². The molecule has 0 unspecified atom stereocenters. The van der Waals surface area contributed by atoms with E-state index in [1.807, 2.05) is 0 Å². The van der Waals surface area contributed by atoms with Crippen molar-refractivity contribution in [3.8, 4) is 5.75 Å². The van der Waals surface area contributed by atoms with Crippen LogP contribution < -0.4 is 15.4 Å². The normalized spacial score (nSPS) is 11.2. The number of carbonyl (C=O) groups excluding carboxylic acids is 3. The molecular weight excluding hydrogens is 336 g/mol. The van der Waals surface area contributed by atoms with Crippen molar-refractivity contribution >= 4 is 17.9 Å². The van der Waals surface area contributed by atoms with Gasteiger partial charge < -0.3 is 14.8 Å². The van der Waals surface area contributed by atoms with E-state index < -0.39 is 24.0 Å². The van der Waals surface area contributed by atoms with Crippen molar-refractivity contribution in [3.05, 3.63) is 65.7 Å². The molecule has 0 fully saturated rings. The maximum Gasteiger partial charge on any atom is 0.339 e. The molecule has 0 bridgehead atoms. The first-order valence-corrected chi connectivity index (χ1v) is 8.03. The van der Waals surface area contributed by atoms with Gasteiger partial charge >= 0.3 is 12.0 Å². The first-order valence-electron chi connectivity index (χ1n) is 8.03. The van der Waals surface area contributed by atoms with E-state index in [4.69, 9.17) is 9.47 Å².